The fraction of sp³-hybridized carbons (Fsp3) is 0.417. The molecule has 0 saturated carbocycles. The second kappa shape index (κ2) is 5.51. The second-order valence-electron chi connectivity index (χ2n) is 4.08. The third-order valence-electron chi connectivity index (χ3n) is 2.95. The molecule has 1 aromatic carbocycles. The number of benzene rings is 1. The van der Waals surface area contributed by atoms with E-state index in [0.29, 0.717) is 5.75 Å². The molecule has 0 aliphatic heterocycles. The number of hydrazine groups is 1. The maximum Gasteiger partial charge on any atom is 0.271 e. The Morgan fingerprint density at radius 2 is 2.18 bits per heavy atom. The summed E-state index contributed by atoms with van der Waals surface area (Å²) >= 11 is 3.55. The molecule has 1 aliphatic carbocycles. The van der Waals surface area contributed by atoms with Crippen LogP contribution in [-0.4, -0.2) is 12.5 Å². The number of rotatable bonds is 3. The summed E-state index contributed by atoms with van der Waals surface area (Å²) in [4.78, 5) is 11.0. The average Bonchev–Trinajstić information content (AvgIpc) is 2.38. The number of nitrogens with one attached hydrogen (secondary N) is 1. The molecule has 0 bridgehead atoms. The molecule has 4 nitrogen and oxygen atoms in total. The molecule has 5 heteroatoms. The Morgan fingerprint density at radius 1 is 1.41 bits per heavy atom. The van der Waals surface area contributed by atoms with Crippen molar-refractivity contribution in [3.8, 4) is 5.75 Å². The highest BCUT2D eigenvalue weighted by atomic mass is 79.9. The third-order valence-corrected chi connectivity index (χ3v) is 3.82. The molecule has 0 heterocycles. The summed E-state index contributed by atoms with van der Waals surface area (Å²) in [6.45, 7) is -0.0616. The van der Waals surface area contributed by atoms with Crippen LogP contribution < -0.4 is 16.0 Å². The van der Waals surface area contributed by atoms with E-state index in [0.717, 1.165) is 17.3 Å². The molecule has 0 spiro atoms. The standard InChI is InChI=1S/C12H15BrN2O2/c13-12-9-4-2-1-3-8(9)5-6-10(12)17-7-11(16)15-14/h5-6H,1-4,7,14H2,(H,15,16). The first kappa shape index (κ1) is 12.4. The number of halogens is 1. The van der Waals surface area contributed by atoms with Crippen molar-refractivity contribution < 1.29 is 9.53 Å². The van der Waals surface area contributed by atoms with Gasteiger partial charge in [-0.3, -0.25) is 10.2 Å². The molecule has 92 valence electrons. The molecular formula is C12H15BrN2O2. The molecule has 1 aliphatic rings. The normalized spacial score (nSPS) is 14.0. The Labute approximate surface area is 109 Å². The largest absolute Gasteiger partial charge is 0.483 e. The van der Waals surface area contributed by atoms with Crippen LogP contribution in [0.25, 0.3) is 0 Å². The van der Waals surface area contributed by atoms with Crippen molar-refractivity contribution in [2.75, 3.05) is 6.61 Å². The van der Waals surface area contributed by atoms with Gasteiger partial charge in [-0.1, -0.05) is 6.07 Å². The van der Waals surface area contributed by atoms with E-state index in [1.807, 2.05) is 11.5 Å². The molecule has 1 aromatic rings. The first-order valence-electron chi connectivity index (χ1n) is 5.65. The summed E-state index contributed by atoms with van der Waals surface area (Å²) in [6, 6.07) is 3.98. The molecule has 0 unspecified atom stereocenters. The van der Waals surface area contributed by atoms with E-state index in [2.05, 4.69) is 22.0 Å². The van der Waals surface area contributed by atoms with Crippen molar-refractivity contribution in [1.29, 1.82) is 0 Å². The number of fused-ring (bicyclic) bond motifs is 1. The molecule has 1 amide bonds. The van der Waals surface area contributed by atoms with Crippen LogP contribution in [0.3, 0.4) is 0 Å². The summed E-state index contributed by atoms with van der Waals surface area (Å²) in [5, 5.41) is 0. The van der Waals surface area contributed by atoms with Crippen molar-refractivity contribution in [3.05, 3.63) is 27.7 Å². The van der Waals surface area contributed by atoms with Gasteiger partial charge in [-0.25, -0.2) is 5.84 Å². The molecule has 2 rings (SSSR count). The number of carbonyl (C=O) groups excluding carboxylic acids is 1. The number of nitrogens with two attached hydrogens (primary N) is 1. The maximum atomic E-state index is 11.0. The zero-order valence-electron chi connectivity index (χ0n) is 9.46. The van der Waals surface area contributed by atoms with E-state index in [-0.39, 0.29) is 12.5 Å². The molecule has 0 atom stereocenters. The SMILES string of the molecule is NNC(=O)COc1ccc2c(c1Br)CCCC2. The monoisotopic (exact) mass is 298 g/mol. The van der Waals surface area contributed by atoms with Gasteiger partial charge in [-0.05, 0) is 58.8 Å². The van der Waals surface area contributed by atoms with Crippen LogP contribution in [0.15, 0.2) is 16.6 Å². The summed E-state index contributed by atoms with van der Waals surface area (Å²) < 4.78 is 6.39. The van der Waals surface area contributed by atoms with E-state index in [9.17, 15) is 4.79 Å². The summed E-state index contributed by atoms with van der Waals surface area (Å²) in [5.74, 6) is 5.36. The van der Waals surface area contributed by atoms with Gasteiger partial charge in [0.2, 0.25) is 0 Å². The molecular weight excluding hydrogens is 284 g/mol. The second-order valence-corrected chi connectivity index (χ2v) is 4.87. The lowest BCUT2D eigenvalue weighted by Gasteiger charge is -2.19. The lowest BCUT2D eigenvalue weighted by molar-refractivity contribution is -0.123. The number of hydrogen-bond acceptors (Lipinski definition) is 3. The lowest BCUT2D eigenvalue weighted by atomic mass is 9.92. The first-order chi connectivity index (χ1) is 8.22. The van der Waals surface area contributed by atoms with Gasteiger partial charge in [-0.2, -0.15) is 0 Å². The van der Waals surface area contributed by atoms with Gasteiger partial charge in [-0.15, -0.1) is 0 Å². The molecule has 17 heavy (non-hydrogen) atoms. The van der Waals surface area contributed by atoms with Crippen molar-refractivity contribution in [1.82, 2.24) is 5.43 Å². The van der Waals surface area contributed by atoms with Crippen LogP contribution in [0.4, 0.5) is 0 Å². The minimum atomic E-state index is -0.338. The smallest absolute Gasteiger partial charge is 0.271 e. The Balaban J connectivity index is 2.15. The van der Waals surface area contributed by atoms with E-state index in [1.165, 1.54) is 24.0 Å². The quantitative estimate of drug-likeness (QED) is 0.507. The topological polar surface area (TPSA) is 64.3 Å². The zero-order valence-corrected chi connectivity index (χ0v) is 11.0. The molecule has 3 N–H and O–H groups in total. The molecule has 0 aromatic heterocycles. The van der Waals surface area contributed by atoms with Crippen LogP contribution in [0.2, 0.25) is 0 Å². The number of aryl methyl sites for hydroxylation is 1. The van der Waals surface area contributed by atoms with Gasteiger partial charge in [0.25, 0.3) is 5.91 Å². The van der Waals surface area contributed by atoms with E-state index in [1.54, 1.807) is 0 Å². The Morgan fingerprint density at radius 3 is 2.94 bits per heavy atom. The van der Waals surface area contributed by atoms with Crippen LogP contribution in [0.5, 0.6) is 5.75 Å². The fourth-order valence-corrected chi connectivity index (χ4v) is 2.76. The van der Waals surface area contributed by atoms with Crippen LogP contribution >= 0.6 is 15.9 Å². The Bertz CT molecular complexity index is 435. The van der Waals surface area contributed by atoms with Crippen molar-refractivity contribution in [3.63, 3.8) is 0 Å². The predicted octanol–water partition coefficient (Wildman–Crippen LogP) is 1.70. The highest BCUT2D eigenvalue weighted by Gasteiger charge is 2.16. The van der Waals surface area contributed by atoms with Gasteiger partial charge in [0.05, 0.1) is 4.47 Å². The molecule has 0 saturated heterocycles. The van der Waals surface area contributed by atoms with Gasteiger partial charge in [0.1, 0.15) is 5.75 Å². The average molecular weight is 299 g/mol. The lowest BCUT2D eigenvalue weighted by Crippen LogP contribution is -2.34. The number of amides is 1. The molecule has 0 radical (unpaired) electrons. The minimum Gasteiger partial charge on any atom is -0.483 e. The van der Waals surface area contributed by atoms with Gasteiger partial charge in [0.15, 0.2) is 6.61 Å². The summed E-state index contributed by atoms with van der Waals surface area (Å²) in [6.07, 6.45) is 4.64. The maximum absolute atomic E-state index is 11.0. The van der Waals surface area contributed by atoms with E-state index in [4.69, 9.17) is 10.6 Å². The van der Waals surface area contributed by atoms with Crippen molar-refractivity contribution in [2.24, 2.45) is 5.84 Å². The minimum absolute atomic E-state index is 0.0616. The van der Waals surface area contributed by atoms with Gasteiger partial charge < -0.3 is 4.74 Å². The highest BCUT2D eigenvalue weighted by molar-refractivity contribution is 9.10. The highest BCUT2D eigenvalue weighted by Crippen LogP contribution is 2.35. The van der Waals surface area contributed by atoms with Crippen LogP contribution in [-0.2, 0) is 17.6 Å². The number of ether oxygens (including phenoxy) is 1. The fourth-order valence-electron chi connectivity index (χ4n) is 2.06. The van der Waals surface area contributed by atoms with Gasteiger partial charge in [0, 0.05) is 0 Å². The zero-order chi connectivity index (χ0) is 12.3. The van der Waals surface area contributed by atoms with Crippen molar-refractivity contribution in [2.45, 2.75) is 25.7 Å². The number of hydrogen-bond donors (Lipinski definition) is 2. The van der Waals surface area contributed by atoms with Gasteiger partial charge >= 0.3 is 0 Å². The first-order valence-corrected chi connectivity index (χ1v) is 6.44. The number of carbonyl (C=O) groups is 1. The Kier molecular flexibility index (Phi) is 4.02. The molecule has 0 fully saturated rings. The summed E-state index contributed by atoms with van der Waals surface area (Å²) in [5.41, 5.74) is 4.72. The van der Waals surface area contributed by atoms with E-state index < -0.39 is 0 Å². The summed E-state index contributed by atoms with van der Waals surface area (Å²) in [7, 11) is 0. The van der Waals surface area contributed by atoms with Crippen LogP contribution in [0, 0.1) is 0 Å². The van der Waals surface area contributed by atoms with Crippen LogP contribution in [0.1, 0.15) is 24.0 Å². The van der Waals surface area contributed by atoms with Crippen molar-refractivity contribution >= 4 is 21.8 Å². The Hall–Kier alpha value is -1.07. The predicted molar refractivity (Wildman–Crippen MR) is 68.6 cm³/mol. The van der Waals surface area contributed by atoms with E-state index >= 15 is 0 Å². The third kappa shape index (κ3) is 2.79.